The van der Waals surface area contributed by atoms with Crippen LogP contribution in [0.5, 0.6) is 11.5 Å². The minimum Gasteiger partial charge on any atom is -0.440 e. The third-order valence-electron chi connectivity index (χ3n) is 4.00. The summed E-state index contributed by atoms with van der Waals surface area (Å²) >= 11 is 0. The van der Waals surface area contributed by atoms with Crippen LogP contribution in [-0.2, 0) is 5.41 Å². The number of hydrogen-bond donors (Lipinski definition) is 0. The second-order valence-electron chi connectivity index (χ2n) is 6.51. The molecule has 0 saturated carbocycles. The minimum absolute atomic E-state index is 0.00621. The molecule has 3 rings (SSSR count). The topological polar surface area (TPSA) is 18.5 Å². The Hall–Kier alpha value is -1.53. The van der Waals surface area contributed by atoms with Crippen molar-refractivity contribution in [1.82, 2.24) is 0 Å². The zero-order valence-corrected chi connectivity index (χ0v) is 13.9. The molecule has 0 spiro atoms. The fraction of sp³-hybridized carbons (Fsp3) is 0.333. The first kappa shape index (κ1) is 14.4. The molecule has 0 aliphatic carbocycles. The normalized spacial score (nSPS) is 18.8. The van der Waals surface area contributed by atoms with Crippen LogP contribution in [0.3, 0.4) is 0 Å². The van der Waals surface area contributed by atoms with Crippen LogP contribution >= 0.6 is 9.03 Å². The zero-order chi connectivity index (χ0) is 15.0. The molecular formula is C18H21O2P. The highest BCUT2D eigenvalue weighted by Gasteiger charge is 2.27. The van der Waals surface area contributed by atoms with E-state index in [0.29, 0.717) is 0 Å². The lowest BCUT2D eigenvalue weighted by Crippen LogP contribution is -2.17. The first-order valence-electron chi connectivity index (χ1n) is 7.29. The molecule has 0 bridgehead atoms. The van der Waals surface area contributed by atoms with Gasteiger partial charge in [-0.25, -0.2) is 0 Å². The van der Waals surface area contributed by atoms with Crippen molar-refractivity contribution in [3.05, 3.63) is 59.2 Å². The van der Waals surface area contributed by atoms with Crippen LogP contribution in [-0.4, -0.2) is 0 Å². The van der Waals surface area contributed by atoms with Crippen molar-refractivity contribution in [1.29, 1.82) is 0 Å². The van der Waals surface area contributed by atoms with E-state index < -0.39 is 0 Å². The van der Waals surface area contributed by atoms with Crippen molar-refractivity contribution < 1.29 is 9.05 Å². The Kier molecular flexibility index (Phi) is 3.67. The predicted molar refractivity (Wildman–Crippen MR) is 88.7 cm³/mol. The van der Waals surface area contributed by atoms with Crippen molar-refractivity contribution in [2.45, 2.75) is 39.0 Å². The number of fused-ring (bicyclic) bond motifs is 2. The molecule has 0 amide bonds. The van der Waals surface area contributed by atoms with E-state index in [1.54, 1.807) is 0 Å². The summed E-state index contributed by atoms with van der Waals surface area (Å²) in [5.41, 5.74) is 3.94. The lowest BCUT2D eigenvalue weighted by atomic mass is 9.78. The van der Waals surface area contributed by atoms with Gasteiger partial charge in [0.1, 0.15) is 11.5 Å². The molecule has 1 aliphatic heterocycles. The van der Waals surface area contributed by atoms with Gasteiger partial charge >= 0.3 is 0 Å². The van der Waals surface area contributed by atoms with Crippen LogP contribution < -0.4 is 9.05 Å². The summed E-state index contributed by atoms with van der Waals surface area (Å²) in [4.78, 5) is 0. The van der Waals surface area contributed by atoms with E-state index in [2.05, 4.69) is 52.0 Å². The van der Waals surface area contributed by atoms with Gasteiger partial charge in [0, 0.05) is 17.0 Å². The molecule has 0 N–H and O–H groups in total. The van der Waals surface area contributed by atoms with E-state index in [1.807, 2.05) is 18.2 Å². The largest absolute Gasteiger partial charge is 0.440 e. The fourth-order valence-electron chi connectivity index (χ4n) is 2.93. The van der Waals surface area contributed by atoms with E-state index in [-0.39, 0.29) is 20.4 Å². The summed E-state index contributed by atoms with van der Waals surface area (Å²) < 4.78 is 11.7. The fourth-order valence-corrected chi connectivity index (χ4v) is 3.52. The second kappa shape index (κ2) is 5.35. The lowest BCUT2D eigenvalue weighted by molar-refractivity contribution is 0.487. The summed E-state index contributed by atoms with van der Waals surface area (Å²) in [6.45, 7) is 8.98. The molecular weight excluding hydrogens is 279 g/mol. The molecule has 3 heteroatoms. The molecule has 0 saturated heterocycles. The quantitative estimate of drug-likeness (QED) is 0.605. The van der Waals surface area contributed by atoms with Gasteiger partial charge in [0.25, 0.3) is 9.03 Å². The molecule has 1 aliphatic rings. The molecule has 0 radical (unpaired) electrons. The Balaban J connectivity index is 2.22. The van der Waals surface area contributed by atoms with E-state index in [4.69, 9.17) is 9.05 Å². The molecule has 0 fully saturated rings. The van der Waals surface area contributed by atoms with Crippen LogP contribution in [0.1, 0.15) is 50.3 Å². The average Bonchev–Trinajstić information content (AvgIpc) is 2.44. The van der Waals surface area contributed by atoms with Gasteiger partial charge in [-0.2, -0.15) is 0 Å². The molecule has 0 aromatic heterocycles. The standard InChI is InChI=1S/C18H21O2P/c1-12-13-8-5-6-10-15(13)19-21-20-16-11-7-9-14(17(12)16)18(2,3)4/h5-12,21H,1-4H3. The van der Waals surface area contributed by atoms with Crippen molar-refractivity contribution in [2.24, 2.45) is 0 Å². The summed E-state index contributed by atoms with van der Waals surface area (Å²) in [6.07, 6.45) is 0. The average molecular weight is 300 g/mol. The van der Waals surface area contributed by atoms with E-state index in [9.17, 15) is 0 Å². The molecule has 110 valence electrons. The molecule has 2 unspecified atom stereocenters. The maximum absolute atomic E-state index is 5.90. The van der Waals surface area contributed by atoms with Gasteiger partial charge in [-0.15, -0.1) is 0 Å². The first-order valence-corrected chi connectivity index (χ1v) is 8.11. The van der Waals surface area contributed by atoms with Gasteiger partial charge in [-0.1, -0.05) is 58.0 Å². The summed E-state index contributed by atoms with van der Waals surface area (Å²) in [5.74, 6) is 2.12. The van der Waals surface area contributed by atoms with Crippen molar-refractivity contribution >= 4 is 9.03 Å². The SMILES string of the molecule is CC1c2ccccc2OPOc2cccc(C(C)(C)C)c21. The summed E-state index contributed by atoms with van der Waals surface area (Å²) in [5, 5.41) is 0. The predicted octanol–water partition coefficient (Wildman–Crippen LogP) is 5.42. The zero-order valence-electron chi connectivity index (χ0n) is 12.9. The van der Waals surface area contributed by atoms with Crippen LogP contribution in [0.25, 0.3) is 0 Å². The maximum atomic E-state index is 5.90. The summed E-state index contributed by atoms with van der Waals surface area (Å²) in [6, 6.07) is 14.6. The molecule has 21 heavy (non-hydrogen) atoms. The van der Waals surface area contributed by atoms with Gasteiger partial charge in [-0.3, -0.25) is 0 Å². The molecule has 2 aromatic carbocycles. The number of hydrogen-bond acceptors (Lipinski definition) is 2. The van der Waals surface area contributed by atoms with Crippen LogP contribution in [0.15, 0.2) is 42.5 Å². The van der Waals surface area contributed by atoms with E-state index >= 15 is 0 Å². The Morgan fingerprint density at radius 3 is 2.33 bits per heavy atom. The van der Waals surface area contributed by atoms with Crippen molar-refractivity contribution in [2.75, 3.05) is 0 Å². The Morgan fingerprint density at radius 2 is 1.57 bits per heavy atom. The molecule has 1 heterocycles. The molecule has 2 nitrogen and oxygen atoms in total. The Bertz CT molecular complexity index is 659. The van der Waals surface area contributed by atoms with Crippen LogP contribution in [0.4, 0.5) is 0 Å². The van der Waals surface area contributed by atoms with E-state index in [1.165, 1.54) is 16.7 Å². The van der Waals surface area contributed by atoms with Crippen molar-refractivity contribution in [3.63, 3.8) is 0 Å². The smallest absolute Gasteiger partial charge is 0.275 e. The lowest BCUT2D eigenvalue weighted by Gasteiger charge is -2.30. The third kappa shape index (κ3) is 2.65. The van der Waals surface area contributed by atoms with Gasteiger partial charge in [0.15, 0.2) is 0 Å². The first-order chi connectivity index (χ1) is 9.98. The van der Waals surface area contributed by atoms with Gasteiger partial charge < -0.3 is 9.05 Å². The minimum atomic E-state index is -0.00621. The molecule has 2 aromatic rings. The monoisotopic (exact) mass is 300 g/mol. The number of para-hydroxylation sites is 1. The van der Waals surface area contributed by atoms with Gasteiger partial charge in [-0.05, 0) is 23.1 Å². The van der Waals surface area contributed by atoms with E-state index in [0.717, 1.165) is 11.5 Å². The van der Waals surface area contributed by atoms with Gasteiger partial charge in [0.2, 0.25) is 0 Å². The Morgan fingerprint density at radius 1 is 0.905 bits per heavy atom. The van der Waals surface area contributed by atoms with Crippen LogP contribution in [0, 0.1) is 0 Å². The maximum Gasteiger partial charge on any atom is 0.275 e. The number of benzene rings is 2. The summed E-state index contributed by atoms with van der Waals surface area (Å²) in [7, 11) is -0.00621. The number of rotatable bonds is 0. The highest BCUT2D eigenvalue weighted by Crippen LogP contribution is 2.45. The van der Waals surface area contributed by atoms with Gasteiger partial charge in [0.05, 0.1) is 0 Å². The molecule has 2 atom stereocenters. The van der Waals surface area contributed by atoms with Crippen LogP contribution in [0.2, 0.25) is 0 Å². The highest BCUT2D eigenvalue weighted by atomic mass is 31.1. The third-order valence-corrected chi connectivity index (χ3v) is 4.60. The highest BCUT2D eigenvalue weighted by molar-refractivity contribution is 7.27. The van der Waals surface area contributed by atoms with Crippen molar-refractivity contribution in [3.8, 4) is 11.5 Å². The Labute approximate surface area is 128 Å². The second-order valence-corrected chi connectivity index (χ2v) is 7.09.